The summed E-state index contributed by atoms with van der Waals surface area (Å²) in [7, 11) is 1.59. The van der Waals surface area contributed by atoms with Crippen molar-refractivity contribution in [2.45, 2.75) is 33.4 Å². The third-order valence-corrected chi connectivity index (χ3v) is 3.54. The normalized spacial score (nSPS) is 11.7. The lowest BCUT2D eigenvalue weighted by Gasteiger charge is -2.13. The lowest BCUT2D eigenvalue weighted by Crippen LogP contribution is -2.35. The van der Waals surface area contributed by atoms with Crippen LogP contribution in [0.4, 0.5) is 0 Å². The summed E-state index contributed by atoms with van der Waals surface area (Å²) in [6, 6.07) is 8.93. The topological polar surface area (TPSA) is 77.8 Å². The van der Waals surface area contributed by atoms with Gasteiger partial charge in [0.05, 0.1) is 7.11 Å². The number of esters is 1. The van der Waals surface area contributed by atoms with Gasteiger partial charge in [0.25, 0.3) is 5.91 Å². The summed E-state index contributed by atoms with van der Waals surface area (Å²) in [5, 5.41) is 2.73. The van der Waals surface area contributed by atoms with Gasteiger partial charge in [-0.3, -0.25) is 4.79 Å². The van der Waals surface area contributed by atoms with Gasteiger partial charge in [0.1, 0.15) is 22.8 Å². The fourth-order valence-electron chi connectivity index (χ4n) is 2.19. The first-order chi connectivity index (χ1) is 11.4. The largest absolute Gasteiger partial charge is 0.497 e. The molecule has 2 aromatic rings. The van der Waals surface area contributed by atoms with Gasteiger partial charge in [-0.1, -0.05) is 12.1 Å². The van der Waals surface area contributed by atoms with Crippen molar-refractivity contribution in [2.75, 3.05) is 7.11 Å². The minimum Gasteiger partial charge on any atom is -0.497 e. The number of hydrogen-bond donors (Lipinski definition) is 1. The molecule has 1 heterocycles. The predicted molar refractivity (Wildman–Crippen MR) is 87.9 cm³/mol. The second-order valence-electron chi connectivity index (χ2n) is 5.44. The fraction of sp³-hybridized carbons (Fsp3) is 0.333. The highest BCUT2D eigenvalue weighted by atomic mass is 16.5. The van der Waals surface area contributed by atoms with E-state index in [2.05, 4.69) is 5.32 Å². The van der Waals surface area contributed by atoms with E-state index < -0.39 is 12.1 Å². The van der Waals surface area contributed by atoms with Crippen molar-refractivity contribution in [1.29, 1.82) is 0 Å². The summed E-state index contributed by atoms with van der Waals surface area (Å²) in [4.78, 5) is 24.1. The third kappa shape index (κ3) is 4.38. The van der Waals surface area contributed by atoms with Crippen molar-refractivity contribution in [2.24, 2.45) is 0 Å². The fourth-order valence-corrected chi connectivity index (χ4v) is 2.19. The number of ether oxygens (including phenoxy) is 2. The van der Waals surface area contributed by atoms with Crippen LogP contribution in [-0.4, -0.2) is 25.1 Å². The second kappa shape index (κ2) is 7.68. The maximum Gasteiger partial charge on any atom is 0.342 e. The molecule has 6 nitrogen and oxygen atoms in total. The number of nitrogens with one attached hydrogen (secondary N) is 1. The van der Waals surface area contributed by atoms with Crippen LogP contribution in [0.15, 0.2) is 34.7 Å². The van der Waals surface area contributed by atoms with Gasteiger partial charge in [-0.25, -0.2) is 4.79 Å². The number of methoxy groups -OCH3 is 1. The van der Waals surface area contributed by atoms with Gasteiger partial charge in [0.2, 0.25) is 0 Å². The lowest BCUT2D eigenvalue weighted by molar-refractivity contribution is -0.129. The molecule has 0 radical (unpaired) electrons. The van der Waals surface area contributed by atoms with E-state index in [0.717, 1.165) is 11.3 Å². The summed E-state index contributed by atoms with van der Waals surface area (Å²) < 4.78 is 15.6. The number of carbonyl (C=O) groups is 2. The van der Waals surface area contributed by atoms with Crippen molar-refractivity contribution in [3.63, 3.8) is 0 Å². The van der Waals surface area contributed by atoms with Crippen LogP contribution in [0, 0.1) is 13.8 Å². The molecule has 0 fully saturated rings. The first-order valence-electron chi connectivity index (χ1n) is 7.59. The molecule has 0 bridgehead atoms. The number of aryl methyl sites for hydroxylation is 2. The van der Waals surface area contributed by atoms with Crippen LogP contribution in [0.5, 0.6) is 5.75 Å². The lowest BCUT2D eigenvalue weighted by atomic mass is 10.2. The average Bonchev–Trinajstić information content (AvgIpc) is 2.91. The number of hydrogen-bond acceptors (Lipinski definition) is 5. The molecule has 0 spiro atoms. The van der Waals surface area contributed by atoms with Gasteiger partial charge >= 0.3 is 5.97 Å². The minimum absolute atomic E-state index is 0.335. The summed E-state index contributed by atoms with van der Waals surface area (Å²) in [5.74, 6) is 0.908. The highest BCUT2D eigenvalue weighted by molar-refractivity contribution is 5.93. The molecule has 0 saturated carbocycles. The number of rotatable bonds is 6. The molecular weight excluding hydrogens is 310 g/mol. The number of amides is 1. The van der Waals surface area contributed by atoms with E-state index in [-0.39, 0.29) is 5.91 Å². The van der Waals surface area contributed by atoms with Gasteiger partial charge in [-0.05, 0) is 44.5 Å². The quantitative estimate of drug-likeness (QED) is 0.824. The molecule has 0 aliphatic rings. The molecule has 2 rings (SSSR count). The summed E-state index contributed by atoms with van der Waals surface area (Å²) in [6.07, 6.45) is -0.898. The summed E-state index contributed by atoms with van der Waals surface area (Å²) in [5.41, 5.74) is 1.26. The van der Waals surface area contributed by atoms with Gasteiger partial charge in [-0.2, -0.15) is 0 Å². The molecule has 0 unspecified atom stereocenters. The van der Waals surface area contributed by atoms with Crippen LogP contribution in [0.25, 0.3) is 0 Å². The summed E-state index contributed by atoms with van der Waals surface area (Å²) >= 11 is 0. The molecule has 128 valence electrons. The number of carbonyl (C=O) groups excluding carboxylic acids is 2. The Bertz CT molecular complexity index is 718. The van der Waals surface area contributed by atoms with E-state index in [1.807, 2.05) is 24.3 Å². The van der Waals surface area contributed by atoms with Crippen LogP contribution < -0.4 is 10.1 Å². The Morgan fingerprint density at radius 3 is 2.42 bits per heavy atom. The zero-order valence-electron chi connectivity index (χ0n) is 14.2. The van der Waals surface area contributed by atoms with E-state index in [4.69, 9.17) is 13.9 Å². The SMILES string of the molecule is COc1ccc(CNC(=O)[C@H](C)OC(=O)c2cc(C)oc2C)cc1. The van der Waals surface area contributed by atoms with Gasteiger partial charge < -0.3 is 19.2 Å². The Morgan fingerprint density at radius 1 is 1.21 bits per heavy atom. The van der Waals surface area contributed by atoms with Crippen LogP contribution in [0.3, 0.4) is 0 Å². The average molecular weight is 331 g/mol. The number of benzene rings is 1. The first kappa shape index (κ1) is 17.6. The van der Waals surface area contributed by atoms with E-state index in [1.165, 1.54) is 6.92 Å². The molecular formula is C18H21NO5. The Morgan fingerprint density at radius 2 is 1.88 bits per heavy atom. The molecule has 1 N–H and O–H groups in total. The van der Waals surface area contributed by atoms with Crippen molar-refractivity contribution in [1.82, 2.24) is 5.32 Å². The zero-order valence-corrected chi connectivity index (χ0v) is 14.2. The van der Waals surface area contributed by atoms with E-state index in [0.29, 0.717) is 23.6 Å². The van der Waals surface area contributed by atoms with Crippen LogP contribution in [0.2, 0.25) is 0 Å². The van der Waals surface area contributed by atoms with Crippen LogP contribution in [-0.2, 0) is 16.1 Å². The molecule has 24 heavy (non-hydrogen) atoms. The van der Waals surface area contributed by atoms with Crippen LogP contribution in [0.1, 0.15) is 34.4 Å². The van der Waals surface area contributed by atoms with E-state index >= 15 is 0 Å². The minimum atomic E-state index is -0.898. The Labute approximate surface area is 140 Å². The smallest absolute Gasteiger partial charge is 0.342 e. The van der Waals surface area contributed by atoms with Crippen molar-refractivity contribution >= 4 is 11.9 Å². The molecule has 1 amide bonds. The Balaban J connectivity index is 1.87. The maximum absolute atomic E-state index is 12.1. The molecule has 0 saturated heterocycles. The highest BCUT2D eigenvalue weighted by Gasteiger charge is 2.21. The third-order valence-electron chi connectivity index (χ3n) is 3.54. The molecule has 6 heteroatoms. The first-order valence-corrected chi connectivity index (χ1v) is 7.59. The maximum atomic E-state index is 12.1. The van der Waals surface area contributed by atoms with Gasteiger partial charge in [0.15, 0.2) is 6.10 Å². The molecule has 1 aromatic heterocycles. The second-order valence-corrected chi connectivity index (χ2v) is 5.44. The predicted octanol–water partition coefficient (Wildman–Crippen LogP) is 2.77. The molecule has 0 aliphatic carbocycles. The van der Waals surface area contributed by atoms with Gasteiger partial charge in [-0.15, -0.1) is 0 Å². The summed E-state index contributed by atoms with van der Waals surface area (Å²) in [6.45, 7) is 5.30. The molecule has 0 aliphatic heterocycles. The monoisotopic (exact) mass is 331 g/mol. The van der Waals surface area contributed by atoms with Gasteiger partial charge in [0, 0.05) is 6.54 Å². The Hall–Kier alpha value is -2.76. The van der Waals surface area contributed by atoms with Crippen LogP contribution >= 0.6 is 0 Å². The molecule has 1 atom stereocenters. The van der Waals surface area contributed by atoms with Crippen molar-refractivity contribution in [3.05, 3.63) is 53.0 Å². The molecule has 1 aromatic carbocycles. The van der Waals surface area contributed by atoms with Crippen molar-refractivity contribution < 1.29 is 23.5 Å². The highest BCUT2D eigenvalue weighted by Crippen LogP contribution is 2.15. The van der Waals surface area contributed by atoms with E-state index in [1.54, 1.807) is 27.0 Å². The standard InChI is InChI=1S/C18H21NO5/c1-11-9-16(12(2)23-11)18(21)24-13(3)17(20)19-10-14-5-7-15(22-4)8-6-14/h5-9,13H,10H2,1-4H3,(H,19,20)/t13-/m0/s1. The Kier molecular flexibility index (Phi) is 5.63. The van der Waals surface area contributed by atoms with E-state index in [9.17, 15) is 9.59 Å². The van der Waals surface area contributed by atoms with Crippen molar-refractivity contribution in [3.8, 4) is 5.75 Å². The zero-order chi connectivity index (χ0) is 17.7. The number of furan rings is 1.